The Hall–Kier alpha value is -0.470. The quantitative estimate of drug-likeness (QED) is 0.702. The van der Waals surface area contributed by atoms with Gasteiger partial charge in [0.2, 0.25) is 0 Å². The van der Waals surface area contributed by atoms with E-state index in [9.17, 15) is 4.55 Å². The van der Waals surface area contributed by atoms with Crippen molar-refractivity contribution in [1.82, 2.24) is 0 Å². The van der Waals surface area contributed by atoms with Gasteiger partial charge in [-0.25, -0.2) is 0 Å². The maximum absolute atomic E-state index is 11.7. The van der Waals surface area contributed by atoms with E-state index in [2.05, 4.69) is 26.0 Å². The van der Waals surface area contributed by atoms with E-state index in [4.69, 9.17) is 0 Å². The van der Waals surface area contributed by atoms with Gasteiger partial charge in [0.1, 0.15) is 5.25 Å². The number of rotatable bonds is 3. The lowest BCUT2D eigenvalue weighted by Crippen LogP contribution is -2.13. The molecule has 2 heteroatoms. The zero-order valence-corrected chi connectivity index (χ0v) is 10.1. The highest BCUT2D eigenvalue weighted by atomic mass is 32.2. The molecule has 0 saturated heterocycles. The van der Waals surface area contributed by atoms with Crippen molar-refractivity contribution in [3.8, 4) is 0 Å². The van der Waals surface area contributed by atoms with Crippen molar-refractivity contribution in [3.63, 3.8) is 0 Å². The molecule has 0 aliphatic heterocycles. The van der Waals surface area contributed by atoms with E-state index in [1.807, 2.05) is 26.0 Å². The molecule has 78 valence electrons. The van der Waals surface area contributed by atoms with Crippen LogP contribution in [0.4, 0.5) is 0 Å². The first-order valence-electron chi connectivity index (χ1n) is 5.03. The molecule has 1 aromatic rings. The van der Waals surface area contributed by atoms with Crippen LogP contribution in [0, 0.1) is 0 Å². The summed E-state index contributed by atoms with van der Waals surface area (Å²) in [5.41, 5.74) is 1.30. The van der Waals surface area contributed by atoms with Crippen molar-refractivity contribution >= 4 is 11.2 Å². The summed E-state index contributed by atoms with van der Waals surface area (Å²) in [6.45, 7) is 8.28. The molecule has 1 rings (SSSR count). The molecule has 0 aliphatic carbocycles. The minimum absolute atomic E-state index is 0.194. The van der Waals surface area contributed by atoms with Crippen LogP contribution in [0.15, 0.2) is 29.2 Å². The topological polar surface area (TPSA) is 23.1 Å². The van der Waals surface area contributed by atoms with E-state index >= 15 is 0 Å². The SMILES string of the molecule is CC(C)c1ccc([S+]([O-])C(C)C)cc1. The summed E-state index contributed by atoms with van der Waals surface area (Å²) >= 11 is -0.857. The molecular formula is C12H18OS. The molecule has 0 aromatic heterocycles. The lowest BCUT2D eigenvalue weighted by atomic mass is 10.0. The Bertz CT molecular complexity index is 277. The fourth-order valence-electron chi connectivity index (χ4n) is 1.26. The summed E-state index contributed by atoms with van der Waals surface area (Å²) in [5, 5.41) is 0.194. The molecule has 0 heterocycles. The first kappa shape index (κ1) is 11.6. The highest BCUT2D eigenvalue weighted by Crippen LogP contribution is 2.20. The van der Waals surface area contributed by atoms with Gasteiger partial charge in [0, 0.05) is 0 Å². The van der Waals surface area contributed by atoms with E-state index < -0.39 is 11.2 Å². The average molecular weight is 210 g/mol. The van der Waals surface area contributed by atoms with E-state index in [0.717, 1.165) is 4.90 Å². The van der Waals surface area contributed by atoms with Gasteiger partial charge >= 0.3 is 0 Å². The van der Waals surface area contributed by atoms with E-state index in [1.165, 1.54) is 5.56 Å². The van der Waals surface area contributed by atoms with Crippen LogP contribution in [0.5, 0.6) is 0 Å². The summed E-state index contributed by atoms with van der Waals surface area (Å²) in [7, 11) is 0. The van der Waals surface area contributed by atoms with Gasteiger partial charge in [-0.2, -0.15) is 0 Å². The Balaban J connectivity index is 2.83. The Labute approximate surface area is 89.7 Å². The predicted octanol–water partition coefficient (Wildman–Crippen LogP) is 3.33. The van der Waals surface area contributed by atoms with E-state index in [1.54, 1.807) is 0 Å². The van der Waals surface area contributed by atoms with Crippen molar-refractivity contribution in [2.75, 3.05) is 0 Å². The zero-order chi connectivity index (χ0) is 10.7. The molecule has 0 saturated carbocycles. The van der Waals surface area contributed by atoms with Gasteiger partial charge < -0.3 is 4.55 Å². The molecule has 0 aliphatic rings. The molecule has 0 amide bonds. The summed E-state index contributed by atoms with van der Waals surface area (Å²) in [5.74, 6) is 0.538. The normalized spacial score (nSPS) is 13.6. The molecule has 14 heavy (non-hydrogen) atoms. The molecule has 1 nitrogen and oxygen atoms in total. The number of hydrogen-bond donors (Lipinski definition) is 0. The van der Waals surface area contributed by atoms with Crippen LogP contribution in [0.2, 0.25) is 0 Å². The highest BCUT2D eigenvalue weighted by Gasteiger charge is 2.14. The zero-order valence-electron chi connectivity index (χ0n) is 9.28. The first-order valence-corrected chi connectivity index (χ1v) is 6.24. The monoisotopic (exact) mass is 210 g/mol. The third-order valence-electron chi connectivity index (χ3n) is 2.21. The van der Waals surface area contributed by atoms with Crippen molar-refractivity contribution < 1.29 is 4.55 Å². The van der Waals surface area contributed by atoms with Gasteiger partial charge in [-0.05, 0) is 48.6 Å². The molecular weight excluding hydrogens is 192 g/mol. The van der Waals surface area contributed by atoms with Crippen LogP contribution in [0.1, 0.15) is 39.2 Å². The molecule has 0 fully saturated rings. The van der Waals surface area contributed by atoms with Gasteiger partial charge in [-0.15, -0.1) is 0 Å². The maximum Gasteiger partial charge on any atom is 0.152 e. The van der Waals surface area contributed by atoms with Crippen LogP contribution < -0.4 is 0 Å². The second-order valence-electron chi connectivity index (χ2n) is 4.07. The van der Waals surface area contributed by atoms with Gasteiger partial charge in [-0.1, -0.05) is 26.0 Å². The molecule has 0 bridgehead atoms. The molecule has 0 radical (unpaired) electrons. The molecule has 0 spiro atoms. The molecule has 1 unspecified atom stereocenters. The van der Waals surface area contributed by atoms with Crippen LogP contribution in [-0.2, 0) is 11.2 Å². The Kier molecular flexibility index (Phi) is 4.02. The second kappa shape index (κ2) is 4.85. The number of hydrogen-bond acceptors (Lipinski definition) is 1. The van der Waals surface area contributed by atoms with Gasteiger partial charge in [0.25, 0.3) is 0 Å². The van der Waals surface area contributed by atoms with E-state index in [-0.39, 0.29) is 5.25 Å². The van der Waals surface area contributed by atoms with Crippen LogP contribution in [0.3, 0.4) is 0 Å². The summed E-state index contributed by atoms with van der Waals surface area (Å²) in [4.78, 5) is 0.935. The molecule has 1 aromatic carbocycles. The summed E-state index contributed by atoms with van der Waals surface area (Å²) < 4.78 is 11.7. The largest absolute Gasteiger partial charge is 0.611 e. The highest BCUT2D eigenvalue weighted by molar-refractivity contribution is 7.92. The van der Waals surface area contributed by atoms with Crippen LogP contribution >= 0.6 is 0 Å². The Morgan fingerprint density at radius 3 is 1.86 bits per heavy atom. The fraction of sp³-hybridized carbons (Fsp3) is 0.500. The third-order valence-corrected chi connectivity index (χ3v) is 3.80. The van der Waals surface area contributed by atoms with Crippen molar-refractivity contribution in [3.05, 3.63) is 29.8 Å². The van der Waals surface area contributed by atoms with E-state index in [0.29, 0.717) is 5.92 Å². The third kappa shape index (κ3) is 2.76. The summed E-state index contributed by atoms with van der Waals surface area (Å²) in [6, 6.07) is 8.09. The maximum atomic E-state index is 11.7. The van der Waals surface area contributed by atoms with Gasteiger partial charge in [0.15, 0.2) is 4.90 Å². The summed E-state index contributed by atoms with van der Waals surface area (Å²) in [6.07, 6.45) is 0. The van der Waals surface area contributed by atoms with Gasteiger partial charge in [-0.3, -0.25) is 0 Å². The lowest BCUT2D eigenvalue weighted by Gasteiger charge is -2.14. The standard InChI is InChI=1S/C12H18OS/c1-9(2)11-5-7-12(8-6-11)14(13)10(3)4/h5-10H,1-4H3. The average Bonchev–Trinajstić information content (AvgIpc) is 2.16. The lowest BCUT2D eigenvalue weighted by molar-refractivity contribution is 0.586. The molecule has 1 atom stereocenters. The molecule has 0 N–H and O–H groups in total. The number of benzene rings is 1. The van der Waals surface area contributed by atoms with Crippen LogP contribution in [0.25, 0.3) is 0 Å². The predicted molar refractivity (Wildman–Crippen MR) is 62.1 cm³/mol. The second-order valence-corrected chi connectivity index (χ2v) is 6.08. The Morgan fingerprint density at radius 1 is 1.00 bits per heavy atom. The minimum atomic E-state index is -0.857. The minimum Gasteiger partial charge on any atom is -0.611 e. The van der Waals surface area contributed by atoms with Crippen molar-refractivity contribution in [2.24, 2.45) is 0 Å². The smallest absolute Gasteiger partial charge is 0.152 e. The Morgan fingerprint density at radius 2 is 1.50 bits per heavy atom. The first-order chi connectivity index (χ1) is 6.52. The van der Waals surface area contributed by atoms with Crippen molar-refractivity contribution in [1.29, 1.82) is 0 Å². The van der Waals surface area contributed by atoms with Crippen LogP contribution in [-0.4, -0.2) is 9.80 Å². The van der Waals surface area contributed by atoms with Crippen molar-refractivity contribution in [2.45, 2.75) is 43.8 Å². The fourth-order valence-corrected chi connectivity index (χ4v) is 2.21. The van der Waals surface area contributed by atoms with Gasteiger partial charge in [0.05, 0.1) is 0 Å².